The third-order valence-electron chi connectivity index (χ3n) is 3.94. The minimum Gasteiger partial charge on any atom is -0.354 e. The monoisotopic (exact) mass is 394 g/mol. The number of rotatable bonds is 5. The summed E-state index contributed by atoms with van der Waals surface area (Å²) in [6.07, 6.45) is 1.59. The Kier molecular flexibility index (Phi) is 5.91. The molecule has 0 aliphatic carbocycles. The van der Waals surface area contributed by atoms with Crippen molar-refractivity contribution < 1.29 is 9.59 Å². The predicted octanol–water partition coefficient (Wildman–Crippen LogP) is 5.00. The van der Waals surface area contributed by atoms with Crippen LogP contribution in [0.25, 0.3) is 0 Å². The average Bonchev–Trinajstić information content (AvgIpc) is 2.66. The minimum atomic E-state index is -0.322. The molecular formula is C21H19ClN4O2. The molecular weight excluding hydrogens is 376 g/mol. The molecule has 0 unspecified atom stereocenters. The lowest BCUT2D eigenvalue weighted by molar-refractivity contribution is -0.114. The lowest BCUT2D eigenvalue weighted by atomic mass is 10.2. The number of nitrogens with one attached hydrogen (secondary N) is 3. The van der Waals surface area contributed by atoms with Gasteiger partial charge >= 0.3 is 0 Å². The zero-order valence-electron chi connectivity index (χ0n) is 15.4. The summed E-state index contributed by atoms with van der Waals surface area (Å²) in [5, 5.41) is 9.32. The van der Waals surface area contributed by atoms with Gasteiger partial charge in [0.25, 0.3) is 5.91 Å². The summed E-state index contributed by atoms with van der Waals surface area (Å²) in [6, 6.07) is 15.9. The molecule has 0 fully saturated rings. The molecule has 3 aromatic rings. The van der Waals surface area contributed by atoms with E-state index in [4.69, 9.17) is 11.6 Å². The summed E-state index contributed by atoms with van der Waals surface area (Å²) in [5.74, 6) is -0.472. The smallest absolute Gasteiger partial charge is 0.274 e. The summed E-state index contributed by atoms with van der Waals surface area (Å²) < 4.78 is 0. The van der Waals surface area contributed by atoms with Crippen molar-refractivity contribution in [1.82, 2.24) is 4.98 Å². The molecule has 2 amide bonds. The number of aromatic nitrogens is 1. The lowest BCUT2D eigenvalue weighted by Crippen LogP contribution is -2.13. The number of nitrogens with zero attached hydrogens (tertiary/aromatic N) is 1. The van der Waals surface area contributed by atoms with E-state index in [1.807, 2.05) is 25.1 Å². The molecule has 1 heterocycles. The average molecular weight is 395 g/mol. The largest absolute Gasteiger partial charge is 0.354 e. The fourth-order valence-electron chi connectivity index (χ4n) is 2.52. The van der Waals surface area contributed by atoms with Crippen LogP contribution >= 0.6 is 11.6 Å². The number of anilines is 4. The van der Waals surface area contributed by atoms with Gasteiger partial charge in [-0.05, 0) is 61.0 Å². The van der Waals surface area contributed by atoms with Crippen LogP contribution < -0.4 is 16.0 Å². The maximum absolute atomic E-state index is 12.4. The van der Waals surface area contributed by atoms with Crippen LogP contribution in [0.2, 0.25) is 5.02 Å². The SMILES string of the molecule is CC(=O)Nc1ccc(NC(=O)c2ccc(Nc3cc(Cl)ccc3C)cn2)cc1. The molecule has 3 rings (SSSR count). The van der Waals surface area contributed by atoms with E-state index < -0.39 is 0 Å². The Bertz CT molecular complexity index is 1000. The quantitative estimate of drug-likeness (QED) is 0.568. The topological polar surface area (TPSA) is 83.1 Å². The van der Waals surface area contributed by atoms with Crippen LogP contribution in [0.4, 0.5) is 22.7 Å². The highest BCUT2D eigenvalue weighted by Gasteiger charge is 2.08. The molecule has 0 aliphatic heterocycles. The van der Waals surface area contributed by atoms with Gasteiger partial charge in [-0.15, -0.1) is 0 Å². The van der Waals surface area contributed by atoms with Crippen molar-refractivity contribution in [2.45, 2.75) is 13.8 Å². The maximum atomic E-state index is 12.4. The summed E-state index contributed by atoms with van der Waals surface area (Å²) in [7, 11) is 0. The van der Waals surface area contributed by atoms with E-state index in [2.05, 4.69) is 20.9 Å². The molecule has 2 aromatic carbocycles. The Morgan fingerprint density at radius 3 is 2.14 bits per heavy atom. The van der Waals surface area contributed by atoms with Gasteiger partial charge in [-0.25, -0.2) is 4.98 Å². The van der Waals surface area contributed by atoms with Gasteiger partial charge in [0.1, 0.15) is 5.69 Å². The van der Waals surface area contributed by atoms with Gasteiger partial charge in [-0.3, -0.25) is 9.59 Å². The number of pyridine rings is 1. The van der Waals surface area contributed by atoms with Gasteiger partial charge in [-0.2, -0.15) is 0 Å². The molecule has 0 radical (unpaired) electrons. The van der Waals surface area contributed by atoms with Crippen LogP contribution in [0, 0.1) is 6.92 Å². The molecule has 3 N–H and O–H groups in total. The zero-order chi connectivity index (χ0) is 20.1. The van der Waals surface area contributed by atoms with Crippen LogP contribution in [-0.4, -0.2) is 16.8 Å². The van der Waals surface area contributed by atoms with Crippen molar-refractivity contribution in [3.8, 4) is 0 Å². The van der Waals surface area contributed by atoms with Gasteiger partial charge in [0, 0.05) is 29.0 Å². The van der Waals surface area contributed by atoms with E-state index in [1.54, 1.807) is 42.6 Å². The molecule has 0 bridgehead atoms. The normalized spacial score (nSPS) is 10.2. The van der Waals surface area contributed by atoms with Gasteiger partial charge < -0.3 is 16.0 Å². The first-order valence-electron chi connectivity index (χ1n) is 8.59. The number of aryl methyl sites for hydroxylation is 1. The highest BCUT2D eigenvalue weighted by Crippen LogP contribution is 2.24. The molecule has 28 heavy (non-hydrogen) atoms. The van der Waals surface area contributed by atoms with Crippen LogP contribution in [0.1, 0.15) is 23.0 Å². The van der Waals surface area contributed by atoms with Crippen molar-refractivity contribution in [1.29, 1.82) is 0 Å². The van der Waals surface area contributed by atoms with Gasteiger partial charge in [0.15, 0.2) is 0 Å². The van der Waals surface area contributed by atoms with Crippen molar-refractivity contribution in [2.75, 3.05) is 16.0 Å². The van der Waals surface area contributed by atoms with E-state index in [-0.39, 0.29) is 11.8 Å². The summed E-state index contributed by atoms with van der Waals surface area (Å²) in [5.41, 5.74) is 4.24. The molecule has 0 saturated heterocycles. The third-order valence-corrected chi connectivity index (χ3v) is 4.17. The van der Waals surface area contributed by atoms with Crippen LogP contribution in [0.15, 0.2) is 60.8 Å². The molecule has 0 spiro atoms. The summed E-state index contributed by atoms with van der Waals surface area (Å²) in [6.45, 7) is 3.42. The van der Waals surface area contributed by atoms with E-state index in [9.17, 15) is 9.59 Å². The Labute approximate surface area is 168 Å². The zero-order valence-corrected chi connectivity index (χ0v) is 16.2. The second kappa shape index (κ2) is 8.54. The fraction of sp³-hybridized carbons (Fsp3) is 0.0952. The highest BCUT2D eigenvalue weighted by molar-refractivity contribution is 6.30. The number of halogens is 1. The molecule has 6 nitrogen and oxygen atoms in total. The number of carbonyl (C=O) groups excluding carboxylic acids is 2. The van der Waals surface area contributed by atoms with Gasteiger partial charge in [-0.1, -0.05) is 17.7 Å². The Hall–Kier alpha value is -3.38. The van der Waals surface area contributed by atoms with Gasteiger partial charge in [0.05, 0.1) is 11.9 Å². The first-order chi connectivity index (χ1) is 13.4. The Morgan fingerprint density at radius 2 is 1.54 bits per heavy atom. The van der Waals surface area contributed by atoms with Crippen LogP contribution in [0.5, 0.6) is 0 Å². The third kappa shape index (κ3) is 5.08. The van der Waals surface area contributed by atoms with E-state index >= 15 is 0 Å². The minimum absolute atomic E-state index is 0.150. The second-order valence-electron chi connectivity index (χ2n) is 6.23. The molecule has 1 aromatic heterocycles. The number of amides is 2. The summed E-state index contributed by atoms with van der Waals surface area (Å²) >= 11 is 6.03. The van der Waals surface area contributed by atoms with Crippen LogP contribution in [0.3, 0.4) is 0 Å². The van der Waals surface area contributed by atoms with E-state index in [0.717, 1.165) is 16.9 Å². The van der Waals surface area contributed by atoms with Crippen molar-refractivity contribution >= 4 is 46.2 Å². The number of hydrogen-bond acceptors (Lipinski definition) is 4. The number of carbonyl (C=O) groups is 2. The maximum Gasteiger partial charge on any atom is 0.274 e. The molecule has 0 atom stereocenters. The molecule has 142 valence electrons. The van der Waals surface area contributed by atoms with Crippen molar-refractivity contribution in [3.05, 3.63) is 77.1 Å². The van der Waals surface area contributed by atoms with Crippen LogP contribution in [-0.2, 0) is 4.79 Å². The molecule has 0 saturated carbocycles. The van der Waals surface area contributed by atoms with E-state index in [0.29, 0.717) is 22.1 Å². The number of benzene rings is 2. The highest BCUT2D eigenvalue weighted by atomic mass is 35.5. The Morgan fingerprint density at radius 1 is 0.893 bits per heavy atom. The molecule has 7 heteroatoms. The standard InChI is InChI=1S/C21H19ClN4O2/c1-13-3-4-15(22)11-20(13)25-18-9-10-19(23-12-18)21(28)26-17-7-5-16(6-8-17)24-14(2)27/h3-12,25H,1-2H3,(H,24,27)(H,26,28). The van der Waals surface area contributed by atoms with Gasteiger partial charge in [0.2, 0.25) is 5.91 Å². The van der Waals surface area contributed by atoms with Crippen molar-refractivity contribution in [2.24, 2.45) is 0 Å². The second-order valence-corrected chi connectivity index (χ2v) is 6.67. The summed E-state index contributed by atoms with van der Waals surface area (Å²) in [4.78, 5) is 27.6. The fourth-order valence-corrected chi connectivity index (χ4v) is 2.69. The lowest BCUT2D eigenvalue weighted by Gasteiger charge is -2.10. The first kappa shape index (κ1) is 19.4. The first-order valence-corrected chi connectivity index (χ1v) is 8.97. The number of hydrogen-bond donors (Lipinski definition) is 3. The predicted molar refractivity (Wildman–Crippen MR) is 112 cm³/mol. The van der Waals surface area contributed by atoms with Crippen molar-refractivity contribution in [3.63, 3.8) is 0 Å². The Balaban J connectivity index is 1.65. The molecule has 0 aliphatic rings. The van der Waals surface area contributed by atoms with E-state index in [1.165, 1.54) is 6.92 Å².